The van der Waals surface area contributed by atoms with Crippen LogP contribution in [-0.2, 0) is 4.74 Å². The van der Waals surface area contributed by atoms with E-state index in [1.165, 1.54) is 12.3 Å². The van der Waals surface area contributed by atoms with Gasteiger partial charge < -0.3 is 15.4 Å². The van der Waals surface area contributed by atoms with Crippen LogP contribution in [0.25, 0.3) is 0 Å². The first-order valence-electron chi connectivity index (χ1n) is 5.42. The minimum atomic E-state index is -0.467. The summed E-state index contributed by atoms with van der Waals surface area (Å²) in [5.74, 6) is 0.616. The molecule has 7 heteroatoms. The Morgan fingerprint density at radius 1 is 1.65 bits per heavy atom. The Balaban J connectivity index is 1.84. The number of hydrogen-bond donors (Lipinski definition) is 2. The lowest BCUT2D eigenvalue weighted by Gasteiger charge is -2.23. The molecule has 1 aliphatic rings. The number of nitro groups is 1. The maximum absolute atomic E-state index is 10.4. The van der Waals surface area contributed by atoms with Crippen LogP contribution in [-0.4, -0.2) is 42.3 Å². The van der Waals surface area contributed by atoms with E-state index >= 15 is 0 Å². The van der Waals surface area contributed by atoms with E-state index in [2.05, 4.69) is 15.6 Å². The summed E-state index contributed by atoms with van der Waals surface area (Å²) in [6.07, 6.45) is 1.35. The molecule has 17 heavy (non-hydrogen) atoms. The first-order chi connectivity index (χ1) is 8.25. The summed E-state index contributed by atoms with van der Waals surface area (Å²) >= 11 is 0. The molecule has 7 nitrogen and oxygen atoms in total. The van der Waals surface area contributed by atoms with Gasteiger partial charge in [-0.25, -0.2) is 4.98 Å². The Bertz CT molecular complexity index is 376. The van der Waals surface area contributed by atoms with Crippen LogP contribution in [0.4, 0.5) is 11.5 Å². The Kier molecular flexibility index (Phi) is 3.84. The Morgan fingerprint density at radius 2 is 2.53 bits per heavy atom. The average molecular weight is 238 g/mol. The molecule has 1 fully saturated rings. The van der Waals surface area contributed by atoms with Crippen molar-refractivity contribution in [1.29, 1.82) is 0 Å². The zero-order chi connectivity index (χ0) is 12.1. The molecule has 1 saturated heterocycles. The van der Waals surface area contributed by atoms with Crippen molar-refractivity contribution in [2.75, 3.05) is 31.6 Å². The highest BCUT2D eigenvalue weighted by Gasteiger charge is 2.13. The Morgan fingerprint density at radius 3 is 3.12 bits per heavy atom. The largest absolute Gasteiger partial charge is 0.374 e. The molecule has 1 unspecified atom stereocenters. The molecule has 0 radical (unpaired) electrons. The quantitative estimate of drug-likeness (QED) is 0.582. The number of anilines is 1. The van der Waals surface area contributed by atoms with Crippen LogP contribution < -0.4 is 10.6 Å². The summed E-state index contributed by atoms with van der Waals surface area (Å²) in [5, 5.41) is 16.7. The molecule has 2 N–H and O–H groups in total. The van der Waals surface area contributed by atoms with E-state index in [4.69, 9.17) is 4.74 Å². The molecule has 0 aliphatic carbocycles. The molecule has 0 bridgehead atoms. The summed E-state index contributed by atoms with van der Waals surface area (Å²) in [5.41, 5.74) is -0.00821. The number of pyridine rings is 1. The van der Waals surface area contributed by atoms with Gasteiger partial charge in [0, 0.05) is 25.7 Å². The molecule has 92 valence electrons. The number of ether oxygens (including phenoxy) is 1. The van der Waals surface area contributed by atoms with Gasteiger partial charge in [-0.15, -0.1) is 0 Å². The molecule has 1 aliphatic heterocycles. The van der Waals surface area contributed by atoms with Crippen molar-refractivity contribution in [3.8, 4) is 0 Å². The number of nitrogens with zero attached hydrogens (tertiary/aromatic N) is 2. The fourth-order valence-electron chi connectivity index (χ4n) is 1.57. The number of hydrogen-bond acceptors (Lipinski definition) is 6. The van der Waals surface area contributed by atoms with Crippen molar-refractivity contribution in [2.45, 2.75) is 6.10 Å². The standard InChI is InChI=1S/C10H14N4O3/c15-14(16)8-1-2-10(12-5-8)13-7-9-6-11-3-4-17-9/h1-2,5,9,11H,3-4,6-7H2,(H,12,13). The van der Waals surface area contributed by atoms with Gasteiger partial charge in [0.1, 0.15) is 12.0 Å². The smallest absolute Gasteiger partial charge is 0.287 e. The normalized spacial score (nSPS) is 19.9. The lowest BCUT2D eigenvalue weighted by Crippen LogP contribution is -2.42. The zero-order valence-electron chi connectivity index (χ0n) is 9.26. The minimum absolute atomic E-state index is 0.00821. The average Bonchev–Trinajstić information content (AvgIpc) is 2.38. The maximum atomic E-state index is 10.4. The molecule has 0 spiro atoms. The molecule has 1 aromatic rings. The van der Waals surface area contributed by atoms with Gasteiger partial charge >= 0.3 is 0 Å². The summed E-state index contributed by atoms with van der Waals surface area (Å²) in [6, 6.07) is 3.02. The van der Waals surface area contributed by atoms with Crippen LogP contribution in [0.1, 0.15) is 0 Å². The van der Waals surface area contributed by atoms with Gasteiger partial charge in [-0.3, -0.25) is 10.1 Å². The highest BCUT2D eigenvalue weighted by molar-refractivity contribution is 5.40. The maximum Gasteiger partial charge on any atom is 0.287 e. The lowest BCUT2D eigenvalue weighted by molar-refractivity contribution is -0.385. The fourth-order valence-corrected chi connectivity index (χ4v) is 1.57. The predicted molar refractivity (Wildman–Crippen MR) is 62.0 cm³/mol. The van der Waals surface area contributed by atoms with Crippen LogP contribution in [0.15, 0.2) is 18.3 Å². The van der Waals surface area contributed by atoms with E-state index in [0.717, 1.165) is 13.1 Å². The summed E-state index contributed by atoms with van der Waals surface area (Å²) in [4.78, 5) is 13.9. The van der Waals surface area contributed by atoms with Crippen LogP contribution in [0.3, 0.4) is 0 Å². The van der Waals surface area contributed by atoms with Crippen LogP contribution in [0.2, 0.25) is 0 Å². The topological polar surface area (TPSA) is 89.3 Å². The second-order valence-electron chi connectivity index (χ2n) is 3.74. The highest BCUT2D eigenvalue weighted by Crippen LogP contribution is 2.11. The number of morpholine rings is 1. The van der Waals surface area contributed by atoms with Crippen LogP contribution in [0.5, 0.6) is 0 Å². The summed E-state index contributed by atoms with van der Waals surface area (Å²) in [7, 11) is 0. The fraction of sp³-hybridized carbons (Fsp3) is 0.500. The van der Waals surface area contributed by atoms with Crippen molar-refractivity contribution >= 4 is 11.5 Å². The molecule has 2 heterocycles. The second kappa shape index (κ2) is 5.55. The summed E-state index contributed by atoms with van der Waals surface area (Å²) in [6.45, 7) is 3.03. The highest BCUT2D eigenvalue weighted by atomic mass is 16.6. The van der Waals surface area contributed by atoms with Crippen LogP contribution >= 0.6 is 0 Å². The third-order valence-corrected chi connectivity index (χ3v) is 2.47. The van der Waals surface area contributed by atoms with Crippen molar-refractivity contribution in [1.82, 2.24) is 10.3 Å². The monoisotopic (exact) mass is 238 g/mol. The molecule has 1 aromatic heterocycles. The van der Waals surface area contributed by atoms with Gasteiger partial charge in [0.25, 0.3) is 5.69 Å². The summed E-state index contributed by atoms with van der Waals surface area (Å²) < 4.78 is 5.50. The third-order valence-electron chi connectivity index (χ3n) is 2.47. The molecule has 0 aromatic carbocycles. The molecule has 0 saturated carbocycles. The predicted octanol–water partition coefficient (Wildman–Crippen LogP) is 0.390. The van der Waals surface area contributed by atoms with E-state index in [1.807, 2.05) is 0 Å². The SMILES string of the molecule is O=[N+]([O-])c1ccc(NCC2CNCCO2)nc1. The molecular formula is C10H14N4O3. The molecule has 0 amide bonds. The van der Waals surface area contributed by atoms with Crippen molar-refractivity contribution in [3.05, 3.63) is 28.4 Å². The van der Waals surface area contributed by atoms with Gasteiger partial charge in [0.15, 0.2) is 0 Å². The van der Waals surface area contributed by atoms with Gasteiger partial charge in [0.05, 0.1) is 17.6 Å². The van der Waals surface area contributed by atoms with E-state index < -0.39 is 4.92 Å². The lowest BCUT2D eigenvalue weighted by atomic mass is 10.3. The molecule has 1 atom stereocenters. The first-order valence-corrected chi connectivity index (χ1v) is 5.42. The number of rotatable bonds is 4. The Labute approximate surface area is 98.3 Å². The van der Waals surface area contributed by atoms with E-state index in [9.17, 15) is 10.1 Å². The molecule has 2 rings (SSSR count). The van der Waals surface area contributed by atoms with E-state index in [0.29, 0.717) is 19.0 Å². The molecular weight excluding hydrogens is 224 g/mol. The van der Waals surface area contributed by atoms with Gasteiger partial charge in [0.2, 0.25) is 0 Å². The zero-order valence-corrected chi connectivity index (χ0v) is 9.26. The van der Waals surface area contributed by atoms with Crippen molar-refractivity contribution in [2.24, 2.45) is 0 Å². The second-order valence-corrected chi connectivity index (χ2v) is 3.74. The minimum Gasteiger partial charge on any atom is -0.374 e. The number of nitrogens with one attached hydrogen (secondary N) is 2. The third kappa shape index (κ3) is 3.36. The first kappa shape index (κ1) is 11.7. The van der Waals surface area contributed by atoms with Crippen LogP contribution in [0, 0.1) is 10.1 Å². The Hall–Kier alpha value is -1.73. The van der Waals surface area contributed by atoms with Crippen molar-refractivity contribution < 1.29 is 9.66 Å². The van der Waals surface area contributed by atoms with Gasteiger partial charge in [-0.1, -0.05) is 0 Å². The van der Waals surface area contributed by atoms with Gasteiger partial charge in [-0.05, 0) is 6.07 Å². The van der Waals surface area contributed by atoms with E-state index in [-0.39, 0.29) is 11.8 Å². The van der Waals surface area contributed by atoms with Crippen molar-refractivity contribution in [3.63, 3.8) is 0 Å². The van der Waals surface area contributed by atoms with Gasteiger partial charge in [-0.2, -0.15) is 0 Å². The number of aromatic nitrogens is 1. The van der Waals surface area contributed by atoms with E-state index in [1.54, 1.807) is 6.07 Å².